The fourth-order valence-electron chi connectivity index (χ4n) is 0.145. The quantitative estimate of drug-likeness (QED) is 0.271. The predicted octanol–water partition coefficient (Wildman–Crippen LogP) is -3.42. The zero-order valence-corrected chi connectivity index (χ0v) is 7.58. The van der Waals surface area contributed by atoms with Gasteiger partial charge < -0.3 is 11.5 Å². The van der Waals surface area contributed by atoms with Gasteiger partial charge in [-0.15, -0.1) is 0 Å². The third-order valence-corrected chi connectivity index (χ3v) is 0.432. The standard InChI is InChI=1S/C2H4BF3O4.Na.H/c4-1(5)2(6)9-10-3(7)8;;/h1-2,7-8H;;/q;+1;-1. The molecule has 0 spiro atoms. The molecule has 0 aliphatic carbocycles. The van der Waals surface area contributed by atoms with Gasteiger partial charge in [-0.25, -0.2) is 22.9 Å². The Labute approximate surface area is 84.2 Å². The molecule has 11 heavy (non-hydrogen) atoms. The Kier molecular flexibility index (Phi) is 9.51. The van der Waals surface area contributed by atoms with Crippen LogP contribution in [0.25, 0.3) is 0 Å². The second-order valence-corrected chi connectivity index (χ2v) is 1.20. The average molecular weight is 184 g/mol. The molecule has 0 amide bonds. The molecule has 0 radical (unpaired) electrons. The van der Waals surface area contributed by atoms with Gasteiger partial charge in [0.1, 0.15) is 0 Å². The molecule has 1 atom stereocenters. The van der Waals surface area contributed by atoms with E-state index in [0.717, 1.165) is 0 Å². The van der Waals surface area contributed by atoms with Gasteiger partial charge in [0, 0.05) is 0 Å². The van der Waals surface area contributed by atoms with Crippen LogP contribution < -0.4 is 29.6 Å². The van der Waals surface area contributed by atoms with Crippen molar-refractivity contribution in [3.8, 4) is 0 Å². The van der Waals surface area contributed by atoms with Gasteiger partial charge in [0.2, 0.25) is 0 Å². The van der Waals surface area contributed by atoms with E-state index >= 15 is 0 Å². The largest absolute Gasteiger partial charge is 1.00 e. The number of hydrogen-bond acceptors (Lipinski definition) is 4. The SMILES string of the molecule is OB(O)OOC(F)C(F)F.[H-].[Na+]. The molecule has 9 heteroatoms. The molecule has 62 valence electrons. The first-order valence-corrected chi connectivity index (χ1v) is 2.14. The minimum Gasteiger partial charge on any atom is -1.00 e. The first-order chi connectivity index (χ1) is 4.54. The van der Waals surface area contributed by atoms with E-state index in [2.05, 4.69) is 9.69 Å². The molecule has 0 saturated carbocycles. The predicted molar refractivity (Wildman–Crippen MR) is 24.4 cm³/mol. The van der Waals surface area contributed by atoms with Gasteiger partial charge in [0.15, 0.2) is 0 Å². The van der Waals surface area contributed by atoms with Crippen molar-refractivity contribution in [3.63, 3.8) is 0 Å². The van der Waals surface area contributed by atoms with Crippen LogP contribution in [0.1, 0.15) is 1.43 Å². The molecule has 0 heterocycles. The van der Waals surface area contributed by atoms with Crippen LogP contribution in [0.4, 0.5) is 13.2 Å². The van der Waals surface area contributed by atoms with E-state index in [1.165, 1.54) is 0 Å². The Bertz CT molecular complexity index is 100. The number of rotatable bonds is 4. The van der Waals surface area contributed by atoms with E-state index in [4.69, 9.17) is 10.0 Å². The second kappa shape index (κ2) is 7.35. The Morgan fingerprint density at radius 2 is 1.73 bits per heavy atom. The molecule has 0 bridgehead atoms. The van der Waals surface area contributed by atoms with Gasteiger partial charge in [0.05, 0.1) is 0 Å². The molecule has 0 aromatic rings. The number of halogens is 3. The minimum absolute atomic E-state index is 0. The molecule has 0 aliphatic heterocycles. The summed E-state index contributed by atoms with van der Waals surface area (Å²) < 4.78 is 33.8. The zero-order valence-electron chi connectivity index (χ0n) is 6.58. The third-order valence-electron chi connectivity index (χ3n) is 0.432. The summed E-state index contributed by atoms with van der Waals surface area (Å²) >= 11 is 0. The van der Waals surface area contributed by atoms with E-state index in [1.807, 2.05) is 0 Å². The monoisotopic (exact) mass is 184 g/mol. The maximum atomic E-state index is 11.6. The van der Waals surface area contributed by atoms with Gasteiger partial charge >= 0.3 is 36.9 Å². The molecule has 4 nitrogen and oxygen atoms in total. The van der Waals surface area contributed by atoms with E-state index < -0.39 is 20.1 Å². The fourth-order valence-corrected chi connectivity index (χ4v) is 0.145. The Balaban J connectivity index is -0.000000405. The Morgan fingerprint density at radius 1 is 1.27 bits per heavy atom. The third kappa shape index (κ3) is 8.60. The molecule has 0 aromatic heterocycles. The summed E-state index contributed by atoms with van der Waals surface area (Å²) in [4.78, 5) is 6.37. The van der Waals surface area contributed by atoms with Crippen LogP contribution in [-0.2, 0) is 9.69 Å². The van der Waals surface area contributed by atoms with Crippen LogP contribution in [0.5, 0.6) is 0 Å². The van der Waals surface area contributed by atoms with Gasteiger partial charge in [-0.2, -0.15) is 0 Å². The maximum absolute atomic E-state index is 11.6. The van der Waals surface area contributed by atoms with Gasteiger partial charge in [-0.05, 0) is 0 Å². The Hall–Kier alpha value is 0.695. The maximum Gasteiger partial charge on any atom is 1.00 e. The first kappa shape index (κ1) is 14.2. The summed E-state index contributed by atoms with van der Waals surface area (Å²) in [5.41, 5.74) is 0. The normalized spacial score (nSPS) is 12.5. The second-order valence-electron chi connectivity index (χ2n) is 1.20. The first-order valence-electron chi connectivity index (χ1n) is 2.14. The molecule has 0 aliphatic rings. The van der Waals surface area contributed by atoms with Crippen molar-refractivity contribution in [2.24, 2.45) is 0 Å². The van der Waals surface area contributed by atoms with Gasteiger partial charge in [-0.3, -0.25) is 0 Å². The fraction of sp³-hybridized carbons (Fsp3) is 1.00. The average Bonchev–Trinajstić information content (AvgIpc) is 1.82. The van der Waals surface area contributed by atoms with Crippen molar-refractivity contribution in [2.75, 3.05) is 0 Å². The smallest absolute Gasteiger partial charge is 1.00 e. The minimum atomic E-state index is -3.38. The molecule has 0 rings (SSSR count). The van der Waals surface area contributed by atoms with Crippen LogP contribution in [0.15, 0.2) is 0 Å². The van der Waals surface area contributed by atoms with Crippen molar-refractivity contribution in [1.29, 1.82) is 0 Å². The van der Waals surface area contributed by atoms with E-state index in [-0.39, 0.29) is 31.0 Å². The number of hydrogen-bond donors (Lipinski definition) is 2. The topological polar surface area (TPSA) is 58.9 Å². The summed E-state index contributed by atoms with van der Waals surface area (Å²) in [7, 11) is -2.42. The molecular weight excluding hydrogens is 179 g/mol. The van der Waals surface area contributed by atoms with Gasteiger partial charge in [0.25, 0.3) is 12.8 Å². The summed E-state index contributed by atoms with van der Waals surface area (Å²) in [5.74, 6) is 0. The van der Waals surface area contributed by atoms with Crippen LogP contribution >= 0.6 is 0 Å². The molecule has 0 aromatic carbocycles. The zero-order chi connectivity index (χ0) is 8.15. The summed E-state index contributed by atoms with van der Waals surface area (Å²) in [5, 5.41) is 15.6. The van der Waals surface area contributed by atoms with Gasteiger partial charge in [-0.1, -0.05) is 0 Å². The van der Waals surface area contributed by atoms with Crippen molar-refractivity contribution in [3.05, 3.63) is 0 Å². The number of alkyl halides is 3. The van der Waals surface area contributed by atoms with Crippen LogP contribution in [0.3, 0.4) is 0 Å². The van der Waals surface area contributed by atoms with E-state index in [1.54, 1.807) is 0 Å². The molecule has 1 unspecified atom stereocenters. The summed E-state index contributed by atoms with van der Waals surface area (Å²) in [6, 6.07) is 0. The van der Waals surface area contributed by atoms with Crippen molar-refractivity contribution in [1.82, 2.24) is 0 Å². The van der Waals surface area contributed by atoms with Crippen LogP contribution in [-0.4, -0.2) is 30.2 Å². The molecular formula is C2H5BF3NaO4. The van der Waals surface area contributed by atoms with Crippen molar-refractivity contribution < 1.29 is 63.9 Å². The summed E-state index contributed by atoms with van der Waals surface area (Å²) in [6.07, 6.45) is -6.35. The summed E-state index contributed by atoms with van der Waals surface area (Å²) in [6.45, 7) is 0. The molecule has 0 fully saturated rings. The van der Waals surface area contributed by atoms with Crippen LogP contribution in [0.2, 0.25) is 0 Å². The molecule has 0 saturated heterocycles. The Morgan fingerprint density at radius 3 is 2.00 bits per heavy atom. The van der Waals surface area contributed by atoms with Crippen LogP contribution in [0, 0.1) is 0 Å². The van der Waals surface area contributed by atoms with E-state index in [9.17, 15) is 13.2 Å². The van der Waals surface area contributed by atoms with Crippen molar-refractivity contribution >= 4 is 7.32 Å². The molecule has 2 N–H and O–H groups in total. The van der Waals surface area contributed by atoms with E-state index in [0.29, 0.717) is 0 Å². The van der Waals surface area contributed by atoms with Crippen molar-refractivity contribution in [2.45, 2.75) is 12.8 Å².